The highest BCUT2D eigenvalue weighted by atomic mass is 32.1. The Balaban J connectivity index is 2.85. The van der Waals surface area contributed by atoms with Gasteiger partial charge in [0.15, 0.2) is 5.13 Å². The van der Waals surface area contributed by atoms with Crippen molar-refractivity contribution in [2.45, 2.75) is 20.4 Å². The van der Waals surface area contributed by atoms with Gasteiger partial charge in [0.25, 0.3) is 0 Å². The molecule has 0 radical (unpaired) electrons. The van der Waals surface area contributed by atoms with Crippen LogP contribution in [0.4, 0.5) is 5.13 Å². The Morgan fingerprint density at radius 1 is 1.77 bits per heavy atom. The van der Waals surface area contributed by atoms with Gasteiger partial charge in [0.05, 0.1) is 5.69 Å². The van der Waals surface area contributed by atoms with Gasteiger partial charge in [-0.15, -0.1) is 11.3 Å². The zero-order valence-corrected chi connectivity index (χ0v) is 8.60. The SMILES string of the molecule is CCN(C(C)=O)c1nc(CN)cs1. The molecule has 0 aromatic carbocycles. The Hall–Kier alpha value is -0.940. The first-order valence-corrected chi connectivity index (χ1v) is 4.99. The molecule has 2 N–H and O–H groups in total. The van der Waals surface area contributed by atoms with Crippen molar-refractivity contribution in [2.24, 2.45) is 5.73 Å². The largest absolute Gasteiger partial charge is 0.325 e. The maximum atomic E-state index is 11.1. The van der Waals surface area contributed by atoms with Gasteiger partial charge in [0, 0.05) is 25.4 Å². The molecule has 0 aliphatic heterocycles. The number of aromatic nitrogens is 1. The van der Waals surface area contributed by atoms with Gasteiger partial charge in [0.2, 0.25) is 5.91 Å². The zero-order valence-electron chi connectivity index (χ0n) is 7.78. The fourth-order valence-electron chi connectivity index (χ4n) is 1.01. The topological polar surface area (TPSA) is 59.2 Å². The molecule has 0 saturated carbocycles. The summed E-state index contributed by atoms with van der Waals surface area (Å²) in [5.74, 6) is 0.0143. The van der Waals surface area contributed by atoms with Crippen LogP contribution in [0.15, 0.2) is 5.38 Å². The second kappa shape index (κ2) is 4.34. The number of hydrogen-bond acceptors (Lipinski definition) is 4. The predicted molar refractivity (Wildman–Crippen MR) is 53.7 cm³/mol. The molecular weight excluding hydrogens is 186 g/mol. The van der Waals surface area contributed by atoms with Crippen LogP contribution in [-0.2, 0) is 11.3 Å². The number of thiazole rings is 1. The molecule has 0 spiro atoms. The quantitative estimate of drug-likeness (QED) is 0.789. The van der Waals surface area contributed by atoms with Crippen molar-refractivity contribution in [1.29, 1.82) is 0 Å². The fraction of sp³-hybridized carbons (Fsp3) is 0.500. The maximum absolute atomic E-state index is 11.1. The van der Waals surface area contributed by atoms with Gasteiger partial charge in [-0.25, -0.2) is 4.98 Å². The van der Waals surface area contributed by atoms with Crippen LogP contribution in [0.3, 0.4) is 0 Å². The van der Waals surface area contributed by atoms with E-state index in [9.17, 15) is 4.79 Å². The summed E-state index contributed by atoms with van der Waals surface area (Å²) in [5, 5.41) is 2.61. The molecule has 0 unspecified atom stereocenters. The van der Waals surface area contributed by atoms with E-state index in [0.717, 1.165) is 10.8 Å². The van der Waals surface area contributed by atoms with Crippen molar-refractivity contribution in [3.8, 4) is 0 Å². The van der Waals surface area contributed by atoms with E-state index < -0.39 is 0 Å². The molecular formula is C8H13N3OS. The minimum absolute atomic E-state index is 0.0143. The highest BCUT2D eigenvalue weighted by Crippen LogP contribution is 2.19. The molecule has 0 fully saturated rings. The number of nitrogens with zero attached hydrogens (tertiary/aromatic N) is 2. The van der Waals surface area contributed by atoms with Crippen LogP contribution in [0.2, 0.25) is 0 Å². The lowest BCUT2D eigenvalue weighted by atomic mass is 10.5. The van der Waals surface area contributed by atoms with Gasteiger partial charge in [-0.2, -0.15) is 0 Å². The third-order valence-corrected chi connectivity index (χ3v) is 2.59. The van der Waals surface area contributed by atoms with Crippen molar-refractivity contribution in [1.82, 2.24) is 4.98 Å². The van der Waals surface area contributed by atoms with Crippen molar-refractivity contribution in [3.05, 3.63) is 11.1 Å². The first kappa shape index (κ1) is 10.1. The first-order chi connectivity index (χ1) is 6.19. The maximum Gasteiger partial charge on any atom is 0.225 e. The number of rotatable bonds is 3. The summed E-state index contributed by atoms with van der Waals surface area (Å²) in [6.45, 7) is 4.52. The van der Waals surface area contributed by atoms with Crippen LogP contribution in [0.5, 0.6) is 0 Å². The third-order valence-electron chi connectivity index (χ3n) is 1.68. The number of hydrogen-bond donors (Lipinski definition) is 1. The van der Waals surface area contributed by atoms with Crippen LogP contribution >= 0.6 is 11.3 Å². The van der Waals surface area contributed by atoms with Crippen molar-refractivity contribution < 1.29 is 4.79 Å². The summed E-state index contributed by atoms with van der Waals surface area (Å²) in [6, 6.07) is 0. The molecule has 5 heteroatoms. The van der Waals surface area contributed by atoms with E-state index in [-0.39, 0.29) is 5.91 Å². The average Bonchev–Trinajstić information content (AvgIpc) is 2.53. The molecule has 1 heterocycles. The molecule has 13 heavy (non-hydrogen) atoms. The van der Waals surface area contributed by atoms with Crippen molar-refractivity contribution in [2.75, 3.05) is 11.4 Å². The van der Waals surface area contributed by atoms with E-state index in [1.54, 1.807) is 4.90 Å². The van der Waals surface area contributed by atoms with Crippen LogP contribution in [0.1, 0.15) is 19.5 Å². The van der Waals surface area contributed by atoms with E-state index in [1.165, 1.54) is 18.3 Å². The first-order valence-electron chi connectivity index (χ1n) is 4.11. The summed E-state index contributed by atoms with van der Waals surface area (Å²) in [4.78, 5) is 17.0. The van der Waals surface area contributed by atoms with Crippen LogP contribution in [0, 0.1) is 0 Å². The van der Waals surface area contributed by atoms with E-state index >= 15 is 0 Å². The molecule has 0 saturated heterocycles. The van der Waals surface area contributed by atoms with Crippen molar-refractivity contribution >= 4 is 22.4 Å². The number of anilines is 1. The average molecular weight is 199 g/mol. The number of nitrogens with two attached hydrogens (primary N) is 1. The molecule has 1 aromatic heterocycles. The lowest BCUT2D eigenvalue weighted by Crippen LogP contribution is -2.27. The van der Waals surface area contributed by atoms with E-state index in [1.807, 2.05) is 12.3 Å². The molecule has 4 nitrogen and oxygen atoms in total. The Kier molecular flexibility index (Phi) is 3.39. The lowest BCUT2D eigenvalue weighted by molar-refractivity contribution is -0.116. The molecule has 1 rings (SSSR count). The molecule has 1 amide bonds. The Morgan fingerprint density at radius 2 is 2.46 bits per heavy atom. The van der Waals surface area contributed by atoms with Gasteiger partial charge < -0.3 is 5.73 Å². The minimum Gasteiger partial charge on any atom is -0.325 e. The number of carbonyl (C=O) groups excluding carboxylic acids is 1. The molecule has 0 atom stereocenters. The van der Waals surface area contributed by atoms with Gasteiger partial charge >= 0.3 is 0 Å². The molecule has 1 aromatic rings. The standard InChI is InChI=1S/C8H13N3OS/c1-3-11(6(2)12)8-10-7(4-9)5-13-8/h5H,3-4,9H2,1-2H3. The highest BCUT2D eigenvalue weighted by molar-refractivity contribution is 7.14. The van der Waals surface area contributed by atoms with Gasteiger partial charge in [-0.05, 0) is 6.92 Å². The molecule has 0 aliphatic rings. The normalized spacial score (nSPS) is 10.1. The summed E-state index contributed by atoms with van der Waals surface area (Å²) >= 11 is 1.45. The fourth-order valence-corrected chi connectivity index (χ4v) is 1.95. The molecule has 0 bridgehead atoms. The van der Waals surface area contributed by atoms with Crippen LogP contribution in [0.25, 0.3) is 0 Å². The summed E-state index contributed by atoms with van der Waals surface area (Å²) < 4.78 is 0. The minimum atomic E-state index is 0.0143. The van der Waals surface area contributed by atoms with Crippen molar-refractivity contribution in [3.63, 3.8) is 0 Å². The highest BCUT2D eigenvalue weighted by Gasteiger charge is 2.12. The van der Waals surface area contributed by atoms with E-state index in [4.69, 9.17) is 5.73 Å². The Morgan fingerprint density at radius 3 is 2.85 bits per heavy atom. The zero-order chi connectivity index (χ0) is 9.84. The van der Waals surface area contributed by atoms with Crippen LogP contribution in [-0.4, -0.2) is 17.4 Å². The summed E-state index contributed by atoms with van der Waals surface area (Å²) in [5.41, 5.74) is 6.25. The van der Waals surface area contributed by atoms with Gasteiger partial charge in [0.1, 0.15) is 0 Å². The second-order valence-corrected chi connectivity index (χ2v) is 3.43. The lowest BCUT2D eigenvalue weighted by Gasteiger charge is -2.14. The van der Waals surface area contributed by atoms with E-state index in [0.29, 0.717) is 13.1 Å². The Bertz CT molecular complexity index is 297. The number of amides is 1. The summed E-state index contributed by atoms with van der Waals surface area (Å²) in [6.07, 6.45) is 0. The summed E-state index contributed by atoms with van der Waals surface area (Å²) in [7, 11) is 0. The molecule has 72 valence electrons. The van der Waals surface area contributed by atoms with E-state index in [2.05, 4.69) is 4.98 Å². The monoisotopic (exact) mass is 199 g/mol. The Labute approximate surface area is 81.4 Å². The van der Waals surface area contributed by atoms with Gasteiger partial charge in [-0.3, -0.25) is 9.69 Å². The van der Waals surface area contributed by atoms with Crippen LogP contribution < -0.4 is 10.6 Å². The molecule has 0 aliphatic carbocycles. The van der Waals surface area contributed by atoms with Gasteiger partial charge in [-0.1, -0.05) is 0 Å². The second-order valence-electron chi connectivity index (χ2n) is 2.59. The third kappa shape index (κ3) is 2.26. The predicted octanol–water partition coefficient (Wildman–Crippen LogP) is 0.975. The smallest absolute Gasteiger partial charge is 0.225 e. The number of carbonyl (C=O) groups is 1.